The molecule has 31 heavy (non-hydrogen) atoms. The van der Waals surface area contributed by atoms with Crippen molar-refractivity contribution in [1.82, 2.24) is 0 Å². The van der Waals surface area contributed by atoms with Gasteiger partial charge in [0, 0.05) is 10.6 Å². The van der Waals surface area contributed by atoms with Gasteiger partial charge in [0.05, 0.1) is 21.1 Å². The second kappa shape index (κ2) is 9.58. The van der Waals surface area contributed by atoms with Gasteiger partial charge in [0.2, 0.25) is 0 Å². The molecule has 0 spiro atoms. The Kier molecular flexibility index (Phi) is 6.63. The summed E-state index contributed by atoms with van der Waals surface area (Å²) in [7, 11) is 0. The molecule has 0 fully saturated rings. The summed E-state index contributed by atoms with van der Waals surface area (Å²) in [6.07, 6.45) is 1.82. The fraction of sp³-hybridized carbons (Fsp3) is 0.0385. The molecule has 0 atom stereocenters. The van der Waals surface area contributed by atoms with Gasteiger partial charge < -0.3 is 4.74 Å². The lowest BCUT2D eigenvalue weighted by Gasteiger charge is -2.12. The highest BCUT2D eigenvalue weighted by Crippen LogP contribution is 2.36. The van der Waals surface area contributed by atoms with Gasteiger partial charge in [-0.1, -0.05) is 77.8 Å². The summed E-state index contributed by atoms with van der Waals surface area (Å²) in [6.45, 7) is 0.299. The van der Waals surface area contributed by atoms with Gasteiger partial charge in [-0.05, 0) is 68.2 Å². The molecule has 0 aromatic heterocycles. The Balaban J connectivity index is 1.62. The van der Waals surface area contributed by atoms with Crippen molar-refractivity contribution in [3.63, 3.8) is 0 Å². The van der Waals surface area contributed by atoms with Crippen molar-refractivity contribution in [3.8, 4) is 11.8 Å². The summed E-state index contributed by atoms with van der Waals surface area (Å²) < 4.78 is 6.61. The third-order valence-corrected chi connectivity index (χ3v) is 6.08. The molecular weight excluding hydrogens is 493 g/mol. The van der Waals surface area contributed by atoms with E-state index in [0.29, 0.717) is 32.4 Å². The first-order valence-electron chi connectivity index (χ1n) is 9.51. The highest BCUT2D eigenvalue weighted by atomic mass is 79.9. The van der Waals surface area contributed by atoms with E-state index in [1.165, 1.54) is 0 Å². The number of fused-ring (bicyclic) bond motifs is 1. The molecule has 0 bridgehead atoms. The molecule has 0 saturated carbocycles. The van der Waals surface area contributed by atoms with Crippen LogP contribution >= 0.6 is 39.1 Å². The number of allylic oxidation sites excluding steroid dienone is 1. The predicted molar refractivity (Wildman–Crippen MR) is 132 cm³/mol. The lowest BCUT2D eigenvalue weighted by atomic mass is 10.00. The van der Waals surface area contributed by atoms with E-state index < -0.39 is 0 Å². The first-order chi connectivity index (χ1) is 15.0. The largest absolute Gasteiger partial charge is 0.486 e. The fourth-order valence-electron chi connectivity index (χ4n) is 3.27. The van der Waals surface area contributed by atoms with Crippen molar-refractivity contribution in [2.75, 3.05) is 0 Å². The summed E-state index contributed by atoms with van der Waals surface area (Å²) in [4.78, 5) is 0. The van der Waals surface area contributed by atoms with Gasteiger partial charge in [-0.15, -0.1) is 0 Å². The Bertz CT molecular complexity index is 1320. The summed E-state index contributed by atoms with van der Waals surface area (Å²) in [5.41, 5.74) is 3.08. The predicted octanol–water partition coefficient (Wildman–Crippen LogP) is 8.55. The van der Waals surface area contributed by atoms with E-state index in [1.807, 2.05) is 78.9 Å². The number of nitrogens with zero attached hydrogens (tertiary/aromatic N) is 1. The molecule has 4 aromatic carbocycles. The fourth-order valence-corrected chi connectivity index (χ4v) is 4.45. The molecule has 4 rings (SSSR count). The highest BCUT2D eigenvalue weighted by Gasteiger charge is 2.11. The Morgan fingerprint density at radius 3 is 2.39 bits per heavy atom. The maximum absolute atomic E-state index is 9.74. The SMILES string of the molecule is N#C/C(=C/c1cc(Cl)c(OCc2ccccc2Cl)c(Br)c1)c1ccc2ccccc2c1. The van der Waals surface area contributed by atoms with Crippen LogP contribution in [0.3, 0.4) is 0 Å². The number of hydrogen-bond donors (Lipinski definition) is 0. The minimum atomic E-state index is 0.299. The molecule has 4 aromatic rings. The van der Waals surface area contributed by atoms with Crippen LogP contribution in [-0.2, 0) is 6.61 Å². The number of nitriles is 1. The summed E-state index contributed by atoms with van der Waals surface area (Å²) >= 11 is 16.2. The van der Waals surface area contributed by atoms with Crippen LogP contribution in [0.15, 0.2) is 83.3 Å². The van der Waals surface area contributed by atoms with Crippen molar-refractivity contribution in [3.05, 3.63) is 110 Å². The summed E-state index contributed by atoms with van der Waals surface area (Å²) in [6, 6.07) is 27.5. The minimum absolute atomic E-state index is 0.299. The van der Waals surface area contributed by atoms with E-state index in [4.69, 9.17) is 27.9 Å². The zero-order valence-corrected chi connectivity index (χ0v) is 19.4. The Labute approximate surface area is 199 Å². The topological polar surface area (TPSA) is 33.0 Å². The lowest BCUT2D eigenvalue weighted by molar-refractivity contribution is 0.304. The maximum Gasteiger partial charge on any atom is 0.152 e. The maximum atomic E-state index is 9.74. The van der Waals surface area contributed by atoms with Crippen LogP contribution in [0.5, 0.6) is 5.75 Å². The molecule has 5 heteroatoms. The zero-order valence-electron chi connectivity index (χ0n) is 16.3. The average Bonchev–Trinajstić information content (AvgIpc) is 2.77. The quantitative estimate of drug-likeness (QED) is 0.200. The number of halogens is 3. The number of ether oxygens (including phenoxy) is 1. The molecule has 0 heterocycles. The molecule has 152 valence electrons. The number of hydrogen-bond acceptors (Lipinski definition) is 2. The second-order valence-corrected chi connectivity index (χ2v) is 8.59. The van der Waals surface area contributed by atoms with Crippen molar-refractivity contribution < 1.29 is 4.74 Å². The van der Waals surface area contributed by atoms with E-state index in [1.54, 1.807) is 6.07 Å². The van der Waals surface area contributed by atoms with E-state index in [2.05, 4.69) is 22.0 Å². The van der Waals surface area contributed by atoms with Crippen LogP contribution in [0, 0.1) is 11.3 Å². The van der Waals surface area contributed by atoms with Crippen LogP contribution in [0.2, 0.25) is 10.0 Å². The van der Waals surface area contributed by atoms with Crippen LogP contribution in [0.1, 0.15) is 16.7 Å². The standard InChI is InChI=1S/C26H16BrCl2NO/c27-23-12-17(13-25(29)26(23)31-16-21-7-3-4-8-24(21)28)11-22(15-30)20-10-9-18-5-1-2-6-19(18)14-20/h1-14H,16H2/b22-11-. The van der Waals surface area contributed by atoms with Gasteiger partial charge in [0.1, 0.15) is 6.61 Å². The van der Waals surface area contributed by atoms with Gasteiger partial charge in [-0.25, -0.2) is 0 Å². The summed E-state index contributed by atoms with van der Waals surface area (Å²) in [5.74, 6) is 0.531. The Hall–Kier alpha value is -2.77. The molecule has 0 amide bonds. The molecule has 2 nitrogen and oxygen atoms in total. The van der Waals surface area contributed by atoms with Crippen LogP contribution < -0.4 is 4.74 Å². The second-order valence-electron chi connectivity index (χ2n) is 6.93. The lowest BCUT2D eigenvalue weighted by Crippen LogP contribution is -1.98. The first kappa shape index (κ1) is 21.5. The van der Waals surface area contributed by atoms with Gasteiger partial charge in [-0.3, -0.25) is 0 Å². The van der Waals surface area contributed by atoms with Crippen LogP contribution in [0.4, 0.5) is 0 Å². The molecule has 0 N–H and O–H groups in total. The monoisotopic (exact) mass is 507 g/mol. The van der Waals surface area contributed by atoms with Gasteiger partial charge >= 0.3 is 0 Å². The minimum Gasteiger partial charge on any atom is -0.486 e. The highest BCUT2D eigenvalue weighted by molar-refractivity contribution is 9.10. The average molecular weight is 509 g/mol. The van der Waals surface area contributed by atoms with Crippen molar-refractivity contribution >= 4 is 61.6 Å². The molecule has 0 radical (unpaired) electrons. The molecule has 0 unspecified atom stereocenters. The van der Waals surface area contributed by atoms with Gasteiger partial charge in [0.15, 0.2) is 5.75 Å². The third kappa shape index (κ3) is 4.94. The van der Waals surface area contributed by atoms with Crippen LogP contribution in [0.25, 0.3) is 22.4 Å². The van der Waals surface area contributed by atoms with Crippen molar-refractivity contribution in [2.45, 2.75) is 6.61 Å². The zero-order chi connectivity index (χ0) is 21.8. The third-order valence-electron chi connectivity index (χ3n) is 4.84. The van der Waals surface area contributed by atoms with Gasteiger partial charge in [0.25, 0.3) is 0 Å². The Morgan fingerprint density at radius 2 is 1.65 bits per heavy atom. The molecule has 0 saturated heterocycles. The molecule has 0 aliphatic heterocycles. The van der Waals surface area contributed by atoms with Crippen LogP contribution in [-0.4, -0.2) is 0 Å². The molecular formula is C26H16BrCl2NO. The van der Waals surface area contributed by atoms with Crippen molar-refractivity contribution in [2.24, 2.45) is 0 Å². The van der Waals surface area contributed by atoms with E-state index in [0.717, 1.165) is 27.5 Å². The Morgan fingerprint density at radius 1 is 0.903 bits per heavy atom. The smallest absolute Gasteiger partial charge is 0.152 e. The number of benzene rings is 4. The normalized spacial score (nSPS) is 11.4. The molecule has 0 aliphatic rings. The summed E-state index contributed by atoms with van der Waals surface area (Å²) in [5, 5.41) is 13.1. The van der Waals surface area contributed by atoms with E-state index in [9.17, 15) is 5.26 Å². The first-order valence-corrected chi connectivity index (χ1v) is 11.1. The van der Waals surface area contributed by atoms with Crippen molar-refractivity contribution in [1.29, 1.82) is 5.26 Å². The van der Waals surface area contributed by atoms with E-state index >= 15 is 0 Å². The van der Waals surface area contributed by atoms with Gasteiger partial charge in [-0.2, -0.15) is 5.26 Å². The molecule has 0 aliphatic carbocycles. The van der Waals surface area contributed by atoms with E-state index in [-0.39, 0.29) is 0 Å². The number of rotatable bonds is 5.